The lowest BCUT2D eigenvalue weighted by molar-refractivity contribution is 0.0593. The highest BCUT2D eigenvalue weighted by molar-refractivity contribution is 5.86. The normalized spacial score (nSPS) is 9.90. The minimum Gasteiger partial charge on any atom is -0.481 e. The number of methoxy groups -OCH3 is 2. The molecule has 0 spiro atoms. The van der Waals surface area contributed by atoms with Gasteiger partial charge in [-0.2, -0.15) is 0 Å². The van der Waals surface area contributed by atoms with Crippen molar-refractivity contribution in [1.82, 2.24) is 15.2 Å². The molecule has 0 aliphatic rings. The number of esters is 1. The third-order valence-corrected chi connectivity index (χ3v) is 2.56. The van der Waals surface area contributed by atoms with Crippen molar-refractivity contribution in [2.75, 3.05) is 19.5 Å². The van der Waals surface area contributed by atoms with E-state index in [0.717, 1.165) is 5.56 Å². The van der Waals surface area contributed by atoms with E-state index in [2.05, 4.69) is 25.2 Å². The Hall–Kier alpha value is -2.70. The van der Waals surface area contributed by atoms with Crippen molar-refractivity contribution in [2.24, 2.45) is 0 Å². The van der Waals surface area contributed by atoms with Crippen LogP contribution in [0.1, 0.15) is 16.1 Å². The number of rotatable bonds is 5. The van der Waals surface area contributed by atoms with Crippen LogP contribution in [-0.4, -0.2) is 35.4 Å². The van der Waals surface area contributed by atoms with Gasteiger partial charge in [-0.15, -0.1) is 10.2 Å². The van der Waals surface area contributed by atoms with E-state index in [1.54, 1.807) is 25.4 Å². The fourth-order valence-corrected chi connectivity index (χ4v) is 1.57. The smallest absolute Gasteiger partial charge is 0.358 e. The van der Waals surface area contributed by atoms with Crippen molar-refractivity contribution in [3.05, 3.63) is 41.7 Å². The highest BCUT2D eigenvalue weighted by atomic mass is 16.5. The largest absolute Gasteiger partial charge is 0.481 e. The molecule has 0 aliphatic carbocycles. The van der Waals surface area contributed by atoms with Crippen molar-refractivity contribution in [3.8, 4) is 5.88 Å². The van der Waals surface area contributed by atoms with E-state index in [1.165, 1.54) is 7.11 Å². The van der Waals surface area contributed by atoms with Gasteiger partial charge in [-0.05, 0) is 18.2 Å². The molecule has 0 aromatic carbocycles. The summed E-state index contributed by atoms with van der Waals surface area (Å²) in [4.78, 5) is 15.3. The predicted octanol–water partition coefficient (Wildman–Crippen LogP) is 1.28. The first-order valence-corrected chi connectivity index (χ1v) is 5.88. The fourth-order valence-electron chi connectivity index (χ4n) is 1.57. The molecule has 2 heterocycles. The van der Waals surface area contributed by atoms with Crippen molar-refractivity contribution in [3.63, 3.8) is 0 Å². The zero-order chi connectivity index (χ0) is 14.4. The summed E-state index contributed by atoms with van der Waals surface area (Å²) >= 11 is 0. The minimum absolute atomic E-state index is 0.164. The van der Waals surface area contributed by atoms with Gasteiger partial charge in [-0.1, -0.05) is 6.07 Å². The van der Waals surface area contributed by atoms with Crippen LogP contribution in [0.5, 0.6) is 5.88 Å². The maximum absolute atomic E-state index is 11.2. The van der Waals surface area contributed by atoms with Crippen molar-refractivity contribution >= 4 is 11.8 Å². The van der Waals surface area contributed by atoms with Gasteiger partial charge in [0.2, 0.25) is 5.88 Å². The molecule has 0 unspecified atom stereocenters. The van der Waals surface area contributed by atoms with E-state index in [4.69, 9.17) is 4.74 Å². The number of aromatic nitrogens is 3. The van der Waals surface area contributed by atoms with Crippen LogP contribution in [0.15, 0.2) is 30.5 Å². The van der Waals surface area contributed by atoms with Crippen molar-refractivity contribution in [2.45, 2.75) is 6.54 Å². The summed E-state index contributed by atoms with van der Waals surface area (Å²) in [7, 11) is 2.86. The number of ether oxygens (including phenoxy) is 2. The first-order chi connectivity index (χ1) is 9.74. The Morgan fingerprint density at radius 3 is 2.75 bits per heavy atom. The molecule has 1 N–H and O–H groups in total. The van der Waals surface area contributed by atoms with Crippen LogP contribution < -0.4 is 10.1 Å². The third kappa shape index (κ3) is 3.19. The second kappa shape index (κ2) is 6.46. The number of carbonyl (C=O) groups excluding carboxylic acids is 1. The topological polar surface area (TPSA) is 86.2 Å². The van der Waals surface area contributed by atoms with Gasteiger partial charge in [0.05, 0.1) is 14.2 Å². The molecule has 7 heteroatoms. The summed E-state index contributed by atoms with van der Waals surface area (Å²) in [6.07, 6.45) is 1.66. The summed E-state index contributed by atoms with van der Waals surface area (Å²) in [5.41, 5.74) is 1.06. The van der Waals surface area contributed by atoms with Crippen molar-refractivity contribution in [1.29, 1.82) is 0 Å². The van der Waals surface area contributed by atoms with Crippen LogP contribution in [0.4, 0.5) is 5.82 Å². The number of carbonyl (C=O) groups is 1. The molecule has 0 fully saturated rings. The Morgan fingerprint density at radius 2 is 2.10 bits per heavy atom. The lowest BCUT2D eigenvalue weighted by Crippen LogP contribution is -2.08. The van der Waals surface area contributed by atoms with Gasteiger partial charge in [0, 0.05) is 18.3 Å². The predicted molar refractivity (Wildman–Crippen MR) is 71.5 cm³/mol. The maximum Gasteiger partial charge on any atom is 0.358 e. The fraction of sp³-hybridized carbons (Fsp3) is 0.231. The van der Waals surface area contributed by atoms with Crippen LogP contribution in [0.3, 0.4) is 0 Å². The average Bonchev–Trinajstić information content (AvgIpc) is 2.53. The van der Waals surface area contributed by atoms with Gasteiger partial charge >= 0.3 is 5.97 Å². The quantitative estimate of drug-likeness (QED) is 0.822. The standard InChI is InChI=1S/C13H14N4O3/c1-19-12-9(4-3-7-14-12)8-15-11-6-5-10(16-17-11)13(18)20-2/h3-7H,8H2,1-2H3,(H,15,17). The van der Waals surface area contributed by atoms with Gasteiger partial charge in [0.1, 0.15) is 5.82 Å². The number of hydrogen-bond donors (Lipinski definition) is 1. The summed E-state index contributed by atoms with van der Waals surface area (Å²) in [5.74, 6) is 0.584. The molecule has 0 amide bonds. The molecule has 7 nitrogen and oxygen atoms in total. The third-order valence-electron chi connectivity index (χ3n) is 2.56. The van der Waals surface area contributed by atoms with Crippen LogP contribution >= 0.6 is 0 Å². The Labute approximate surface area is 116 Å². The highest BCUT2D eigenvalue weighted by Crippen LogP contribution is 2.15. The number of hydrogen-bond acceptors (Lipinski definition) is 7. The SMILES string of the molecule is COC(=O)c1ccc(NCc2cccnc2OC)nn1. The summed E-state index contributed by atoms with van der Waals surface area (Å²) in [6, 6.07) is 6.92. The van der Waals surface area contributed by atoms with E-state index in [1.807, 2.05) is 12.1 Å². The lowest BCUT2D eigenvalue weighted by Gasteiger charge is -2.08. The van der Waals surface area contributed by atoms with Crippen molar-refractivity contribution < 1.29 is 14.3 Å². The first-order valence-electron chi connectivity index (χ1n) is 5.88. The van der Waals surface area contributed by atoms with Gasteiger partial charge < -0.3 is 14.8 Å². The van der Waals surface area contributed by atoms with Gasteiger partial charge in [-0.3, -0.25) is 0 Å². The molecule has 0 saturated carbocycles. The molecular formula is C13H14N4O3. The van der Waals surface area contributed by atoms with E-state index in [9.17, 15) is 4.79 Å². The molecule has 0 radical (unpaired) electrons. The summed E-state index contributed by atoms with van der Waals surface area (Å²) in [6.45, 7) is 0.489. The number of pyridine rings is 1. The maximum atomic E-state index is 11.2. The Bertz CT molecular complexity index is 586. The van der Waals surface area contributed by atoms with Gasteiger partial charge in [0.25, 0.3) is 0 Å². The Balaban J connectivity index is 2.02. The van der Waals surface area contributed by atoms with Gasteiger partial charge in [0.15, 0.2) is 5.69 Å². The molecular weight excluding hydrogens is 260 g/mol. The number of nitrogens with one attached hydrogen (secondary N) is 1. The van der Waals surface area contributed by atoms with E-state index in [-0.39, 0.29) is 5.69 Å². The molecule has 104 valence electrons. The molecule has 2 aromatic heterocycles. The average molecular weight is 274 g/mol. The molecule has 2 aromatic rings. The van der Waals surface area contributed by atoms with E-state index < -0.39 is 5.97 Å². The second-order valence-electron chi connectivity index (χ2n) is 3.82. The molecule has 0 bridgehead atoms. The van der Waals surface area contributed by atoms with Crippen LogP contribution in [-0.2, 0) is 11.3 Å². The monoisotopic (exact) mass is 274 g/mol. The van der Waals surface area contributed by atoms with Gasteiger partial charge in [-0.25, -0.2) is 9.78 Å². The second-order valence-corrected chi connectivity index (χ2v) is 3.82. The first kappa shape index (κ1) is 13.7. The minimum atomic E-state index is -0.516. The van der Waals surface area contributed by atoms with Crippen LogP contribution in [0.25, 0.3) is 0 Å². The Morgan fingerprint density at radius 1 is 1.25 bits per heavy atom. The van der Waals surface area contributed by atoms with E-state index >= 15 is 0 Å². The van der Waals surface area contributed by atoms with E-state index in [0.29, 0.717) is 18.2 Å². The molecule has 0 aliphatic heterocycles. The highest BCUT2D eigenvalue weighted by Gasteiger charge is 2.08. The zero-order valence-electron chi connectivity index (χ0n) is 11.2. The molecule has 0 atom stereocenters. The number of anilines is 1. The zero-order valence-corrected chi connectivity index (χ0v) is 11.2. The van der Waals surface area contributed by atoms with Crippen LogP contribution in [0, 0.1) is 0 Å². The van der Waals surface area contributed by atoms with Crippen LogP contribution in [0.2, 0.25) is 0 Å². The summed E-state index contributed by atoms with van der Waals surface area (Å²) < 4.78 is 9.70. The molecule has 2 rings (SSSR count). The Kier molecular flexibility index (Phi) is 4.43. The lowest BCUT2D eigenvalue weighted by atomic mass is 10.2. The molecule has 0 saturated heterocycles. The summed E-state index contributed by atoms with van der Waals surface area (Å²) in [5, 5.41) is 10.7. The number of nitrogens with zero attached hydrogens (tertiary/aromatic N) is 3. The molecule has 20 heavy (non-hydrogen) atoms.